The predicted octanol–water partition coefficient (Wildman–Crippen LogP) is 3.24. The van der Waals surface area contributed by atoms with Crippen LogP contribution in [-0.2, 0) is 0 Å². The highest BCUT2D eigenvalue weighted by Crippen LogP contribution is 2.31. The Bertz CT molecular complexity index is 288. The van der Waals surface area contributed by atoms with Crippen molar-refractivity contribution in [1.82, 2.24) is 4.90 Å². The van der Waals surface area contributed by atoms with Gasteiger partial charge in [0, 0.05) is 15.9 Å². The minimum Gasteiger partial charge on any atom is -0.329 e. The molecule has 2 nitrogen and oxygen atoms in total. The van der Waals surface area contributed by atoms with E-state index in [0.717, 1.165) is 6.54 Å². The SMILES string of the molecule is CCCCN(C)C(CN)c1sccc1Br. The second-order valence-corrected chi connectivity index (χ2v) is 5.52. The van der Waals surface area contributed by atoms with Gasteiger partial charge < -0.3 is 5.73 Å². The topological polar surface area (TPSA) is 29.3 Å². The smallest absolute Gasteiger partial charge is 0.0573 e. The van der Waals surface area contributed by atoms with E-state index < -0.39 is 0 Å². The van der Waals surface area contributed by atoms with Gasteiger partial charge in [-0.1, -0.05) is 13.3 Å². The standard InChI is InChI=1S/C11H19BrN2S/c1-3-4-6-14(2)10(8-13)11-9(12)5-7-15-11/h5,7,10H,3-4,6,8,13H2,1-2H3. The van der Waals surface area contributed by atoms with E-state index >= 15 is 0 Å². The van der Waals surface area contributed by atoms with Crippen LogP contribution in [0.2, 0.25) is 0 Å². The van der Waals surface area contributed by atoms with Gasteiger partial charge in [-0.25, -0.2) is 0 Å². The third kappa shape index (κ3) is 3.55. The summed E-state index contributed by atoms with van der Waals surface area (Å²) in [5, 5.41) is 2.11. The van der Waals surface area contributed by atoms with Gasteiger partial charge in [-0.05, 0) is 47.4 Å². The molecule has 0 aliphatic rings. The first kappa shape index (κ1) is 13.2. The zero-order valence-corrected chi connectivity index (χ0v) is 11.8. The van der Waals surface area contributed by atoms with Gasteiger partial charge in [-0.15, -0.1) is 11.3 Å². The lowest BCUT2D eigenvalue weighted by Gasteiger charge is -2.26. The summed E-state index contributed by atoms with van der Waals surface area (Å²) in [5.74, 6) is 0. The lowest BCUT2D eigenvalue weighted by molar-refractivity contribution is 0.249. The summed E-state index contributed by atoms with van der Waals surface area (Å²) >= 11 is 5.35. The quantitative estimate of drug-likeness (QED) is 0.872. The highest BCUT2D eigenvalue weighted by atomic mass is 79.9. The number of nitrogens with zero attached hydrogens (tertiary/aromatic N) is 1. The molecule has 0 aliphatic carbocycles. The lowest BCUT2D eigenvalue weighted by atomic mass is 10.2. The number of thiophene rings is 1. The molecule has 0 radical (unpaired) electrons. The second-order valence-electron chi connectivity index (χ2n) is 3.72. The Hall–Kier alpha value is 0.100. The van der Waals surface area contributed by atoms with E-state index in [0.29, 0.717) is 12.6 Å². The molecule has 0 aliphatic heterocycles. The van der Waals surface area contributed by atoms with E-state index in [1.54, 1.807) is 11.3 Å². The fraction of sp³-hybridized carbons (Fsp3) is 0.636. The van der Waals surface area contributed by atoms with Crippen molar-refractivity contribution in [2.75, 3.05) is 20.1 Å². The molecule has 0 aromatic carbocycles. The zero-order chi connectivity index (χ0) is 11.3. The Balaban J connectivity index is 2.67. The van der Waals surface area contributed by atoms with Crippen LogP contribution in [0.15, 0.2) is 15.9 Å². The second kappa shape index (κ2) is 6.63. The van der Waals surface area contributed by atoms with Crippen LogP contribution in [0.25, 0.3) is 0 Å². The van der Waals surface area contributed by atoms with Crippen LogP contribution in [0.1, 0.15) is 30.7 Å². The zero-order valence-electron chi connectivity index (χ0n) is 9.37. The van der Waals surface area contributed by atoms with Crippen LogP contribution in [0, 0.1) is 0 Å². The van der Waals surface area contributed by atoms with Crippen LogP contribution in [0.5, 0.6) is 0 Å². The van der Waals surface area contributed by atoms with Gasteiger partial charge in [0.2, 0.25) is 0 Å². The predicted molar refractivity (Wildman–Crippen MR) is 71.4 cm³/mol. The first-order chi connectivity index (χ1) is 7.20. The normalized spacial score (nSPS) is 13.4. The Labute approximate surface area is 105 Å². The number of nitrogens with two attached hydrogens (primary N) is 1. The van der Waals surface area contributed by atoms with Gasteiger partial charge in [-0.2, -0.15) is 0 Å². The Morgan fingerprint density at radius 3 is 2.80 bits per heavy atom. The summed E-state index contributed by atoms with van der Waals surface area (Å²) in [6, 6.07) is 2.45. The minimum absolute atomic E-state index is 0.353. The van der Waals surface area contributed by atoms with Crippen LogP contribution in [-0.4, -0.2) is 25.0 Å². The van der Waals surface area contributed by atoms with Gasteiger partial charge in [0.05, 0.1) is 6.04 Å². The average molecular weight is 291 g/mol. The molecule has 1 rings (SSSR count). The van der Waals surface area contributed by atoms with Crippen LogP contribution in [0.3, 0.4) is 0 Å². The highest BCUT2D eigenvalue weighted by molar-refractivity contribution is 9.10. The summed E-state index contributed by atoms with van der Waals surface area (Å²) in [7, 11) is 2.15. The van der Waals surface area contributed by atoms with Gasteiger partial charge >= 0.3 is 0 Å². The van der Waals surface area contributed by atoms with Gasteiger partial charge in [0.15, 0.2) is 0 Å². The Morgan fingerprint density at radius 1 is 1.60 bits per heavy atom. The van der Waals surface area contributed by atoms with Crippen molar-refractivity contribution in [3.05, 3.63) is 20.8 Å². The van der Waals surface area contributed by atoms with Gasteiger partial charge in [0.25, 0.3) is 0 Å². The summed E-state index contributed by atoms with van der Waals surface area (Å²) < 4.78 is 1.19. The first-order valence-corrected chi connectivity index (χ1v) is 7.01. The van der Waals surface area contributed by atoms with Crippen LogP contribution >= 0.6 is 27.3 Å². The fourth-order valence-corrected chi connectivity index (χ4v) is 3.41. The molecule has 1 aromatic rings. The van der Waals surface area contributed by atoms with E-state index in [9.17, 15) is 0 Å². The summed E-state index contributed by atoms with van der Waals surface area (Å²) in [4.78, 5) is 3.69. The molecule has 0 saturated carbocycles. The molecule has 1 unspecified atom stereocenters. The number of hydrogen-bond acceptors (Lipinski definition) is 3. The molecule has 1 atom stereocenters. The number of likely N-dealkylation sites (N-methyl/N-ethyl adjacent to an activating group) is 1. The maximum atomic E-state index is 5.85. The largest absolute Gasteiger partial charge is 0.329 e. The van der Waals surface area contributed by atoms with Crippen LogP contribution in [0.4, 0.5) is 0 Å². The molecule has 0 bridgehead atoms. The van der Waals surface area contributed by atoms with Crippen molar-refractivity contribution in [2.24, 2.45) is 5.73 Å². The van der Waals surface area contributed by atoms with Gasteiger partial charge in [-0.3, -0.25) is 4.90 Å². The van der Waals surface area contributed by atoms with Crippen LogP contribution < -0.4 is 5.73 Å². The Kier molecular flexibility index (Phi) is 5.82. The third-order valence-electron chi connectivity index (χ3n) is 2.57. The van der Waals surface area contributed by atoms with Crippen molar-refractivity contribution < 1.29 is 0 Å². The third-order valence-corrected chi connectivity index (χ3v) is 4.54. The average Bonchev–Trinajstić information content (AvgIpc) is 2.63. The summed E-state index contributed by atoms with van der Waals surface area (Å²) in [5.41, 5.74) is 5.85. The molecular weight excluding hydrogens is 272 g/mol. The molecule has 1 heterocycles. The number of unbranched alkanes of at least 4 members (excludes halogenated alkanes) is 1. The molecular formula is C11H19BrN2S. The van der Waals surface area contributed by atoms with Gasteiger partial charge in [0.1, 0.15) is 0 Å². The van der Waals surface area contributed by atoms with Crippen molar-refractivity contribution in [3.63, 3.8) is 0 Å². The van der Waals surface area contributed by atoms with E-state index in [1.165, 1.54) is 22.2 Å². The van der Waals surface area contributed by atoms with E-state index in [2.05, 4.69) is 46.2 Å². The van der Waals surface area contributed by atoms with E-state index in [4.69, 9.17) is 5.73 Å². The fourth-order valence-electron chi connectivity index (χ4n) is 1.59. The number of halogens is 1. The molecule has 0 amide bonds. The number of hydrogen-bond donors (Lipinski definition) is 1. The maximum absolute atomic E-state index is 5.85. The Morgan fingerprint density at radius 2 is 2.33 bits per heavy atom. The molecule has 0 saturated heterocycles. The molecule has 1 aromatic heterocycles. The minimum atomic E-state index is 0.353. The molecule has 86 valence electrons. The van der Waals surface area contributed by atoms with Crippen molar-refractivity contribution in [1.29, 1.82) is 0 Å². The highest BCUT2D eigenvalue weighted by Gasteiger charge is 2.18. The molecule has 0 fully saturated rings. The van der Waals surface area contributed by atoms with Crippen molar-refractivity contribution in [2.45, 2.75) is 25.8 Å². The molecule has 15 heavy (non-hydrogen) atoms. The van der Waals surface area contributed by atoms with E-state index in [-0.39, 0.29) is 0 Å². The number of rotatable bonds is 6. The monoisotopic (exact) mass is 290 g/mol. The first-order valence-electron chi connectivity index (χ1n) is 5.33. The summed E-state index contributed by atoms with van der Waals surface area (Å²) in [6.07, 6.45) is 2.46. The molecule has 0 spiro atoms. The van der Waals surface area contributed by atoms with Crippen molar-refractivity contribution >= 4 is 27.3 Å². The summed E-state index contributed by atoms with van der Waals surface area (Å²) in [6.45, 7) is 4.01. The van der Waals surface area contributed by atoms with E-state index in [1.807, 2.05) is 0 Å². The lowest BCUT2D eigenvalue weighted by Crippen LogP contribution is -2.30. The molecule has 2 N–H and O–H groups in total. The molecule has 4 heteroatoms. The van der Waals surface area contributed by atoms with Crippen molar-refractivity contribution in [3.8, 4) is 0 Å². The maximum Gasteiger partial charge on any atom is 0.0573 e.